The molecule has 3 aromatic rings. The zero-order valence-corrected chi connectivity index (χ0v) is 15.3. The number of carbonyl (C=O) groups excluding carboxylic acids is 1. The number of aliphatic hydroxyl groups excluding tert-OH is 1. The quantitative estimate of drug-likeness (QED) is 0.653. The molecule has 3 rings (SSSR count). The van der Waals surface area contributed by atoms with Crippen LogP contribution >= 0.6 is 15.9 Å². The van der Waals surface area contributed by atoms with E-state index >= 15 is 0 Å². The van der Waals surface area contributed by atoms with E-state index < -0.39 is 0 Å². The van der Waals surface area contributed by atoms with E-state index in [0.29, 0.717) is 17.9 Å². The molecular weight excluding hydrogens is 382 g/mol. The van der Waals surface area contributed by atoms with E-state index in [4.69, 9.17) is 9.52 Å². The third-order valence-corrected chi connectivity index (χ3v) is 4.42. The molecule has 2 aromatic carbocycles. The van der Waals surface area contributed by atoms with Crippen molar-refractivity contribution in [3.8, 4) is 11.3 Å². The van der Waals surface area contributed by atoms with E-state index in [9.17, 15) is 4.79 Å². The molecule has 2 N–H and O–H groups in total. The summed E-state index contributed by atoms with van der Waals surface area (Å²) in [5.41, 5.74) is 3.53. The van der Waals surface area contributed by atoms with Crippen LogP contribution in [0.1, 0.15) is 16.9 Å². The van der Waals surface area contributed by atoms with Gasteiger partial charge >= 0.3 is 0 Å². The Labute approximate surface area is 154 Å². The second-order valence-corrected chi connectivity index (χ2v) is 6.72. The zero-order chi connectivity index (χ0) is 17.8. The lowest BCUT2D eigenvalue weighted by Gasteiger charge is -2.10. The van der Waals surface area contributed by atoms with E-state index in [1.54, 1.807) is 6.07 Å². The maximum Gasteiger partial charge on any atom is 0.228 e. The number of nitrogens with one attached hydrogen (secondary N) is 1. The monoisotopic (exact) mass is 399 g/mol. The minimum absolute atomic E-state index is 0.0712. The summed E-state index contributed by atoms with van der Waals surface area (Å²) in [6.07, 6.45) is 0.312. The standard InChI is InChI=1S/C20H18BrNO3/c1-13-2-5-15(19-9-8-17(12-23)25-19)11-18(13)22-20(24)10-14-3-6-16(21)7-4-14/h2-9,11,23H,10,12H2,1H3,(H,22,24). The molecule has 1 amide bonds. The van der Waals surface area contributed by atoms with Gasteiger partial charge in [-0.3, -0.25) is 4.79 Å². The first-order valence-electron chi connectivity index (χ1n) is 7.90. The van der Waals surface area contributed by atoms with Crippen molar-refractivity contribution in [2.75, 3.05) is 5.32 Å². The highest BCUT2D eigenvalue weighted by Crippen LogP contribution is 2.27. The highest BCUT2D eigenvalue weighted by molar-refractivity contribution is 9.10. The number of hydrogen-bond donors (Lipinski definition) is 2. The lowest BCUT2D eigenvalue weighted by Crippen LogP contribution is -2.15. The van der Waals surface area contributed by atoms with Gasteiger partial charge in [0.15, 0.2) is 0 Å². The van der Waals surface area contributed by atoms with Gasteiger partial charge in [-0.1, -0.05) is 40.2 Å². The Hall–Kier alpha value is -2.37. The van der Waals surface area contributed by atoms with Crippen LogP contribution in [0.2, 0.25) is 0 Å². The van der Waals surface area contributed by atoms with Crippen LogP contribution in [0, 0.1) is 6.92 Å². The van der Waals surface area contributed by atoms with Crippen molar-refractivity contribution in [3.05, 3.63) is 76.0 Å². The minimum Gasteiger partial charge on any atom is -0.459 e. The van der Waals surface area contributed by atoms with E-state index in [1.807, 2.05) is 55.5 Å². The SMILES string of the molecule is Cc1ccc(-c2ccc(CO)o2)cc1NC(=O)Cc1ccc(Br)cc1. The molecule has 0 aliphatic rings. The molecule has 0 fully saturated rings. The smallest absolute Gasteiger partial charge is 0.228 e. The van der Waals surface area contributed by atoms with E-state index in [2.05, 4.69) is 21.2 Å². The van der Waals surface area contributed by atoms with Gasteiger partial charge in [-0.25, -0.2) is 0 Å². The number of carbonyl (C=O) groups is 1. The van der Waals surface area contributed by atoms with Crippen LogP contribution < -0.4 is 5.32 Å². The summed E-state index contributed by atoms with van der Waals surface area (Å²) in [5, 5.41) is 12.1. The molecule has 0 saturated carbocycles. The van der Waals surface area contributed by atoms with Crippen molar-refractivity contribution < 1.29 is 14.3 Å². The maximum atomic E-state index is 12.3. The summed E-state index contributed by atoms with van der Waals surface area (Å²) >= 11 is 3.39. The number of aryl methyl sites for hydroxylation is 1. The average molecular weight is 400 g/mol. The number of hydrogen-bond acceptors (Lipinski definition) is 3. The third-order valence-electron chi connectivity index (χ3n) is 3.89. The van der Waals surface area contributed by atoms with Crippen molar-refractivity contribution in [3.63, 3.8) is 0 Å². The number of benzene rings is 2. The molecule has 0 saturated heterocycles. The maximum absolute atomic E-state index is 12.3. The third kappa shape index (κ3) is 4.38. The highest BCUT2D eigenvalue weighted by Gasteiger charge is 2.10. The number of anilines is 1. The highest BCUT2D eigenvalue weighted by atomic mass is 79.9. The number of furan rings is 1. The van der Waals surface area contributed by atoms with Gasteiger partial charge in [0.25, 0.3) is 0 Å². The Balaban J connectivity index is 1.76. The number of halogens is 1. The van der Waals surface area contributed by atoms with Gasteiger partial charge < -0.3 is 14.8 Å². The largest absolute Gasteiger partial charge is 0.459 e. The fourth-order valence-electron chi connectivity index (χ4n) is 2.51. The molecule has 0 spiro atoms. The molecule has 0 unspecified atom stereocenters. The van der Waals surface area contributed by atoms with Crippen LogP contribution in [0.3, 0.4) is 0 Å². The number of aliphatic hydroxyl groups is 1. The first kappa shape index (κ1) is 17.5. The minimum atomic E-state index is -0.136. The molecule has 0 atom stereocenters. The molecule has 5 heteroatoms. The number of amides is 1. The predicted octanol–water partition coefficient (Wildman–Crippen LogP) is 4.69. The Morgan fingerprint density at radius 2 is 1.88 bits per heavy atom. The summed E-state index contributed by atoms with van der Waals surface area (Å²) in [4.78, 5) is 12.3. The predicted molar refractivity (Wildman–Crippen MR) is 101 cm³/mol. The van der Waals surface area contributed by atoms with Crippen LogP contribution in [0.15, 0.2) is 63.5 Å². The molecule has 0 aliphatic carbocycles. The van der Waals surface area contributed by atoms with Crippen LogP contribution in [-0.2, 0) is 17.8 Å². The van der Waals surface area contributed by atoms with Crippen molar-refractivity contribution in [2.24, 2.45) is 0 Å². The van der Waals surface area contributed by atoms with Gasteiger partial charge in [0, 0.05) is 15.7 Å². The molecule has 25 heavy (non-hydrogen) atoms. The Bertz CT molecular complexity index is 884. The fraction of sp³-hybridized carbons (Fsp3) is 0.150. The summed E-state index contributed by atoms with van der Waals surface area (Å²) in [5.74, 6) is 1.10. The molecule has 4 nitrogen and oxygen atoms in total. The Kier molecular flexibility index (Phi) is 5.36. The average Bonchev–Trinajstić information content (AvgIpc) is 3.08. The summed E-state index contributed by atoms with van der Waals surface area (Å²) in [7, 11) is 0. The van der Waals surface area contributed by atoms with Gasteiger partial charge in [-0.05, 0) is 48.4 Å². The normalized spacial score (nSPS) is 10.7. The van der Waals surface area contributed by atoms with E-state index in [-0.39, 0.29) is 12.5 Å². The summed E-state index contributed by atoms with van der Waals surface area (Å²) in [6.45, 7) is 1.81. The van der Waals surface area contributed by atoms with Crippen LogP contribution in [0.4, 0.5) is 5.69 Å². The first-order chi connectivity index (χ1) is 12.0. The van der Waals surface area contributed by atoms with Crippen molar-refractivity contribution in [1.82, 2.24) is 0 Å². The van der Waals surface area contributed by atoms with Gasteiger partial charge in [-0.15, -0.1) is 0 Å². The fourth-order valence-corrected chi connectivity index (χ4v) is 2.77. The Morgan fingerprint density at radius 1 is 1.12 bits per heavy atom. The summed E-state index contributed by atoms with van der Waals surface area (Å²) in [6, 6.07) is 17.0. The Morgan fingerprint density at radius 3 is 2.56 bits per heavy atom. The zero-order valence-electron chi connectivity index (χ0n) is 13.8. The lowest BCUT2D eigenvalue weighted by atomic mass is 10.1. The van der Waals surface area contributed by atoms with E-state index in [1.165, 1.54) is 0 Å². The van der Waals surface area contributed by atoms with Crippen LogP contribution in [0.25, 0.3) is 11.3 Å². The topological polar surface area (TPSA) is 62.5 Å². The molecular formula is C20H18BrNO3. The second kappa shape index (κ2) is 7.68. The molecule has 0 bridgehead atoms. The molecule has 0 aliphatic heterocycles. The van der Waals surface area contributed by atoms with E-state index in [0.717, 1.165) is 26.9 Å². The number of rotatable bonds is 5. The van der Waals surface area contributed by atoms with Gasteiger partial charge in [0.05, 0.1) is 6.42 Å². The molecule has 1 heterocycles. The molecule has 1 aromatic heterocycles. The lowest BCUT2D eigenvalue weighted by molar-refractivity contribution is -0.115. The van der Waals surface area contributed by atoms with Crippen LogP contribution in [0.5, 0.6) is 0 Å². The molecule has 0 radical (unpaired) electrons. The van der Waals surface area contributed by atoms with Crippen molar-refractivity contribution in [1.29, 1.82) is 0 Å². The van der Waals surface area contributed by atoms with Gasteiger partial charge in [-0.2, -0.15) is 0 Å². The first-order valence-corrected chi connectivity index (χ1v) is 8.69. The van der Waals surface area contributed by atoms with Crippen molar-refractivity contribution >= 4 is 27.5 Å². The van der Waals surface area contributed by atoms with Gasteiger partial charge in [0.1, 0.15) is 18.1 Å². The van der Waals surface area contributed by atoms with Gasteiger partial charge in [0.2, 0.25) is 5.91 Å². The van der Waals surface area contributed by atoms with Crippen molar-refractivity contribution in [2.45, 2.75) is 20.0 Å². The summed E-state index contributed by atoms with van der Waals surface area (Å²) < 4.78 is 6.55. The second-order valence-electron chi connectivity index (χ2n) is 5.81. The van der Waals surface area contributed by atoms with Crippen LogP contribution in [-0.4, -0.2) is 11.0 Å². The molecule has 128 valence electrons.